The van der Waals surface area contributed by atoms with Crippen molar-refractivity contribution in [2.45, 2.75) is 57.7 Å². The van der Waals surface area contributed by atoms with Crippen LogP contribution in [-0.4, -0.2) is 64.6 Å². The van der Waals surface area contributed by atoms with Crippen molar-refractivity contribution in [2.75, 3.05) is 44.9 Å². The Balaban J connectivity index is 1.05. The van der Waals surface area contributed by atoms with Crippen molar-refractivity contribution in [2.24, 2.45) is 16.7 Å². The standard InChI is InChI=1S/C28H37N7O2/c1-36-21-10-28(11-21)16-34(17-28)14-18-3-4-20(23(7-18)37-2)15-35-24-22(13-31-35)32-26(29)33-25(24)30-12-19-8-27(9-19)5-6-27/h3-4,7,13,19,21H,5-6,8-12,14-17H2,1-2H3,(H3,29,30,32,33). The number of rotatable bonds is 9. The molecule has 9 heteroatoms. The first kappa shape index (κ1) is 23.2. The molecule has 2 spiro atoms. The number of nitrogen functional groups attached to an aromatic ring is 1. The van der Waals surface area contributed by atoms with Gasteiger partial charge in [-0.25, -0.2) is 4.98 Å². The Morgan fingerprint density at radius 2 is 1.86 bits per heavy atom. The van der Waals surface area contributed by atoms with E-state index in [2.05, 4.69) is 43.5 Å². The maximum atomic E-state index is 6.02. The zero-order chi connectivity index (χ0) is 25.2. The summed E-state index contributed by atoms with van der Waals surface area (Å²) in [5.41, 5.74) is 11.2. The Bertz CT molecular complexity index is 1310. The fourth-order valence-electron chi connectivity index (χ4n) is 7.18. The number of nitrogens with zero attached hydrogens (tertiary/aromatic N) is 5. The molecule has 196 valence electrons. The molecule has 4 aliphatic rings. The molecule has 3 aliphatic carbocycles. The highest BCUT2D eigenvalue weighted by molar-refractivity contribution is 5.86. The Morgan fingerprint density at radius 3 is 2.59 bits per heavy atom. The second kappa shape index (κ2) is 8.56. The van der Waals surface area contributed by atoms with Crippen LogP contribution in [0.2, 0.25) is 0 Å². The summed E-state index contributed by atoms with van der Waals surface area (Å²) in [6.07, 6.45) is 10.1. The van der Waals surface area contributed by atoms with E-state index in [-0.39, 0.29) is 5.95 Å². The number of methoxy groups -OCH3 is 2. The van der Waals surface area contributed by atoms with Gasteiger partial charge in [-0.15, -0.1) is 0 Å². The molecule has 1 saturated heterocycles. The van der Waals surface area contributed by atoms with Gasteiger partial charge in [0, 0.05) is 44.3 Å². The Labute approximate surface area is 217 Å². The summed E-state index contributed by atoms with van der Waals surface area (Å²) in [5.74, 6) is 2.64. The zero-order valence-electron chi connectivity index (χ0n) is 21.9. The maximum Gasteiger partial charge on any atom is 0.222 e. The van der Waals surface area contributed by atoms with Gasteiger partial charge in [0.15, 0.2) is 5.82 Å². The third kappa shape index (κ3) is 4.22. The molecule has 0 radical (unpaired) electrons. The first-order valence-corrected chi connectivity index (χ1v) is 13.6. The molecule has 4 fully saturated rings. The molecule has 3 heterocycles. The van der Waals surface area contributed by atoms with Crippen LogP contribution in [0.5, 0.6) is 5.75 Å². The molecule has 1 aromatic carbocycles. The molecule has 3 N–H and O–H groups in total. The summed E-state index contributed by atoms with van der Waals surface area (Å²) in [4.78, 5) is 11.5. The van der Waals surface area contributed by atoms with Gasteiger partial charge in [-0.1, -0.05) is 12.1 Å². The third-order valence-corrected chi connectivity index (χ3v) is 9.31. The van der Waals surface area contributed by atoms with Crippen LogP contribution in [0.4, 0.5) is 11.8 Å². The Hall–Kier alpha value is -2.91. The van der Waals surface area contributed by atoms with E-state index in [1.165, 1.54) is 44.1 Å². The molecule has 3 aromatic rings. The SMILES string of the molecule is COc1cc(CN2CC3(CC(OC)C3)C2)ccc1Cn1ncc2nc(N)nc(NCC3CC4(CC4)C3)c21. The van der Waals surface area contributed by atoms with Crippen molar-refractivity contribution in [1.29, 1.82) is 0 Å². The van der Waals surface area contributed by atoms with Crippen molar-refractivity contribution in [3.05, 3.63) is 35.5 Å². The van der Waals surface area contributed by atoms with Gasteiger partial charge >= 0.3 is 0 Å². The maximum absolute atomic E-state index is 6.02. The summed E-state index contributed by atoms with van der Waals surface area (Å²) in [7, 11) is 3.56. The third-order valence-electron chi connectivity index (χ3n) is 9.31. The van der Waals surface area contributed by atoms with Crippen LogP contribution in [0.1, 0.15) is 49.7 Å². The van der Waals surface area contributed by atoms with E-state index in [1.807, 2.05) is 11.8 Å². The molecule has 0 bridgehead atoms. The molecule has 1 aliphatic heterocycles. The molecular formula is C28H37N7O2. The van der Waals surface area contributed by atoms with Gasteiger partial charge in [0.2, 0.25) is 5.95 Å². The number of benzene rings is 1. The van der Waals surface area contributed by atoms with Crippen molar-refractivity contribution in [1.82, 2.24) is 24.6 Å². The number of nitrogens with one attached hydrogen (secondary N) is 1. The highest BCUT2D eigenvalue weighted by Gasteiger charge is 2.53. The minimum atomic E-state index is 0.274. The lowest BCUT2D eigenvalue weighted by atomic mass is 9.61. The highest BCUT2D eigenvalue weighted by atomic mass is 16.5. The Kier molecular flexibility index (Phi) is 5.37. The molecule has 0 amide bonds. The lowest BCUT2D eigenvalue weighted by molar-refractivity contribution is -0.142. The number of hydrogen-bond acceptors (Lipinski definition) is 8. The van der Waals surface area contributed by atoms with Crippen LogP contribution in [0.3, 0.4) is 0 Å². The van der Waals surface area contributed by atoms with E-state index in [9.17, 15) is 0 Å². The van der Waals surface area contributed by atoms with Gasteiger partial charge in [-0.2, -0.15) is 10.1 Å². The number of anilines is 2. The molecule has 2 aromatic heterocycles. The quantitative estimate of drug-likeness (QED) is 0.456. The van der Waals surface area contributed by atoms with E-state index in [0.717, 1.165) is 54.3 Å². The number of nitrogens with two attached hydrogens (primary N) is 1. The Morgan fingerprint density at radius 1 is 1.05 bits per heavy atom. The lowest BCUT2D eigenvalue weighted by Crippen LogP contribution is -2.63. The van der Waals surface area contributed by atoms with Crippen molar-refractivity contribution < 1.29 is 9.47 Å². The fraction of sp³-hybridized carbons (Fsp3) is 0.607. The summed E-state index contributed by atoms with van der Waals surface area (Å²) >= 11 is 0. The van der Waals surface area contributed by atoms with Crippen LogP contribution in [0.25, 0.3) is 11.0 Å². The van der Waals surface area contributed by atoms with Gasteiger partial charge < -0.3 is 20.5 Å². The van der Waals surface area contributed by atoms with Crippen LogP contribution < -0.4 is 15.8 Å². The first-order chi connectivity index (χ1) is 18.0. The second-order valence-electron chi connectivity index (χ2n) is 12.2. The predicted octanol–water partition coefficient (Wildman–Crippen LogP) is 3.68. The van der Waals surface area contributed by atoms with Gasteiger partial charge in [0.05, 0.1) is 26.0 Å². The van der Waals surface area contributed by atoms with Gasteiger partial charge in [-0.3, -0.25) is 9.58 Å². The largest absolute Gasteiger partial charge is 0.496 e. The average Bonchev–Trinajstić information content (AvgIpc) is 3.53. The van der Waals surface area contributed by atoms with E-state index in [1.54, 1.807) is 13.3 Å². The van der Waals surface area contributed by atoms with Crippen molar-refractivity contribution in [3.63, 3.8) is 0 Å². The summed E-state index contributed by atoms with van der Waals surface area (Å²) < 4.78 is 13.3. The molecular weight excluding hydrogens is 466 g/mol. The molecule has 0 unspecified atom stereocenters. The summed E-state index contributed by atoms with van der Waals surface area (Å²) in [5, 5.41) is 8.21. The molecule has 9 nitrogen and oxygen atoms in total. The first-order valence-electron chi connectivity index (χ1n) is 13.6. The topological polar surface area (TPSA) is 103 Å². The highest BCUT2D eigenvalue weighted by Crippen LogP contribution is 2.63. The normalized spacial score (nSPS) is 23.6. The molecule has 0 atom stereocenters. The monoisotopic (exact) mass is 503 g/mol. The number of likely N-dealkylation sites (tertiary alicyclic amines) is 1. The van der Waals surface area contributed by atoms with Gasteiger partial charge in [0.1, 0.15) is 16.8 Å². The van der Waals surface area contributed by atoms with E-state index >= 15 is 0 Å². The molecule has 3 saturated carbocycles. The van der Waals surface area contributed by atoms with Crippen molar-refractivity contribution in [3.8, 4) is 5.75 Å². The smallest absolute Gasteiger partial charge is 0.222 e. The number of aromatic nitrogens is 4. The van der Waals surface area contributed by atoms with E-state index in [0.29, 0.717) is 29.4 Å². The van der Waals surface area contributed by atoms with E-state index < -0.39 is 0 Å². The van der Waals surface area contributed by atoms with E-state index in [4.69, 9.17) is 15.2 Å². The number of ether oxygens (including phenoxy) is 2. The van der Waals surface area contributed by atoms with Crippen LogP contribution in [0, 0.1) is 16.7 Å². The van der Waals surface area contributed by atoms with Gasteiger partial charge in [-0.05, 0) is 61.5 Å². The predicted molar refractivity (Wildman–Crippen MR) is 142 cm³/mol. The van der Waals surface area contributed by atoms with Crippen LogP contribution >= 0.6 is 0 Å². The molecule has 7 rings (SSSR count). The number of fused-ring (bicyclic) bond motifs is 1. The fourth-order valence-corrected chi connectivity index (χ4v) is 7.18. The summed E-state index contributed by atoms with van der Waals surface area (Å²) in [6.45, 7) is 4.77. The summed E-state index contributed by atoms with van der Waals surface area (Å²) in [6, 6.07) is 6.55. The number of hydrogen-bond donors (Lipinski definition) is 2. The average molecular weight is 504 g/mol. The minimum Gasteiger partial charge on any atom is -0.496 e. The minimum absolute atomic E-state index is 0.274. The zero-order valence-corrected chi connectivity index (χ0v) is 21.9. The van der Waals surface area contributed by atoms with Crippen LogP contribution in [0.15, 0.2) is 24.4 Å². The second-order valence-corrected chi connectivity index (χ2v) is 12.2. The van der Waals surface area contributed by atoms with Crippen molar-refractivity contribution >= 4 is 22.8 Å². The molecule has 37 heavy (non-hydrogen) atoms. The lowest BCUT2D eigenvalue weighted by Gasteiger charge is -2.58. The van der Waals surface area contributed by atoms with Gasteiger partial charge in [0.25, 0.3) is 0 Å². The van der Waals surface area contributed by atoms with Crippen LogP contribution in [-0.2, 0) is 17.8 Å².